The SMILES string of the molecule is BrCP(Br)(c1ccccc1)(c1ccccc1)c1ccccc1. The summed E-state index contributed by atoms with van der Waals surface area (Å²) >= 11 is 8.15. The molecule has 3 rings (SSSR count). The first-order valence-electron chi connectivity index (χ1n) is 7.16. The predicted octanol–water partition coefficient (Wildman–Crippen LogP) is 5.18. The Hall–Kier alpha value is -0.950. The van der Waals surface area contributed by atoms with E-state index >= 15 is 0 Å². The molecule has 112 valence electrons. The van der Waals surface area contributed by atoms with Crippen LogP contribution in [0.1, 0.15) is 0 Å². The minimum absolute atomic E-state index is 0.858. The maximum absolute atomic E-state index is 4.30. The van der Waals surface area contributed by atoms with Crippen LogP contribution in [0.2, 0.25) is 0 Å². The number of alkyl halides is 1. The summed E-state index contributed by atoms with van der Waals surface area (Å²) in [5.74, 6) is 0. The Kier molecular flexibility index (Phi) is 4.54. The number of benzene rings is 3. The molecule has 0 bridgehead atoms. The zero-order valence-electron chi connectivity index (χ0n) is 12.1. The van der Waals surface area contributed by atoms with Gasteiger partial charge < -0.3 is 0 Å². The Balaban J connectivity index is 2.41. The summed E-state index contributed by atoms with van der Waals surface area (Å²) < 4.78 is 0. The van der Waals surface area contributed by atoms with Gasteiger partial charge in [-0.3, -0.25) is 0 Å². The van der Waals surface area contributed by atoms with Gasteiger partial charge in [0.15, 0.2) is 0 Å². The third-order valence-corrected chi connectivity index (χ3v) is 18.1. The molecule has 3 aromatic carbocycles. The van der Waals surface area contributed by atoms with E-state index in [0.29, 0.717) is 0 Å². The third kappa shape index (κ3) is 2.38. The van der Waals surface area contributed by atoms with Crippen LogP contribution in [-0.2, 0) is 0 Å². The average molecular weight is 436 g/mol. The predicted molar refractivity (Wildman–Crippen MR) is 108 cm³/mol. The quantitative estimate of drug-likeness (QED) is 0.391. The molecule has 3 heteroatoms. The topological polar surface area (TPSA) is 0 Å². The van der Waals surface area contributed by atoms with Crippen LogP contribution in [0.15, 0.2) is 91.0 Å². The number of rotatable bonds is 4. The molecule has 0 N–H and O–H groups in total. The van der Waals surface area contributed by atoms with Crippen LogP contribution in [0.3, 0.4) is 0 Å². The molecule has 3 aromatic rings. The fraction of sp³-hybridized carbons (Fsp3) is 0.0526. The molecule has 0 aliphatic carbocycles. The van der Waals surface area contributed by atoms with E-state index in [4.69, 9.17) is 0 Å². The van der Waals surface area contributed by atoms with Gasteiger partial charge in [0.25, 0.3) is 0 Å². The number of halogens is 2. The van der Waals surface area contributed by atoms with E-state index < -0.39 is 5.31 Å². The van der Waals surface area contributed by atoms with E-state index in [-0.39, 0.29) is 0 Å². The summed E-state index contributed by atoms with van der Waals surface area (Å²) in [6.07, 6.45) is 0. The van der Waals surface area contributed by atoms with Crippen molar-refractivity contribution in [1.82, 2.24) is 0 Å². The van der Waals surface area contributed by atoms with Crippen molar-refractivity contribution in [3.8, 4) is 0 Å². The Morgan fingerprint density at radius 3 is 1.05 bits per heavy atom. The second-order valence-electron chi connectivity index (χ2n) is 5.31. The fourth-order valence-electron chi connectivity index (χ4n) is 2.87. The molecule has 0 fully saturated rings. The van der Waals surface area contributed by atoms with Crippen molar-refractivity contribution in [3.63, 3.8) is 0 Å². The second kappa shape index (κ2) is 6.28. The summed E-state index contributed by atoms with van der Waals surface area (Å²) in [7, 11) is 0. The summed E-state index contributed by atoms with van der Waals surface area (Å²) in [6.45, 7) is 0. The first kappa shape index (κ1) is 15.9. The molecular weight excluding hydrogens is 419 g/mol. The van der Waals surface area contributed by atoms with Gasteiger partial charge in [-0.05, 0) is 0 Å². The van der Waals surface area contributed by atoms with Gasteiger partial charge in [0.2, 0.25) is 0 Å². The molecular formula is C19H17Br2P. The van der Waals surface area contributed by atoms with Crippen LogP contribution >= 0.6 is 36.7 Å². The molecule has 0 aliphatic heterocycles. The van der Waals surface area contributed by atoms with Crippen LogP contribution < -0.4 is 15.9 Å². The van der Waals surface area contributed by atoms with Gasteiger partial charge in [-0.25, -0.2) is 0 Å². The molecule has 22 heavy (non-hydrogen) atoms. The average Bonchev–Trinajstić information content (AvgIpc) is 2.63. The van der Waals surface area contributed by atoms with Crippen molar-refractivity contribution in [1.29, 1.82) is 0 Å². The molecule has 0 heterocycles. The van der Waals surface area contributed by atoms with Crippen molar-refractivity contribution >= 4 is 52.6 Å². The van der Waals surface area contributed by atoms with Crippen LogP contribution in [0, 0.1) is 0 Å². The molecule has 0 aromatic heterocycles. The molecule has 0 aliphatic rings. The maximum atomic E-state index is 4.30. The van der Waals surface area contributed by atoms with Crippen molar-refractivity contribution in [3.05, 3.63) is 91.0 Å². The van der Waals surface area contributed by atoms with Gasteiger partial charge in [0, 0.05) is 0 Å². The van der Waals surface area contributed by atoms with Gasteiger partial charge in [-0.1, -0.05) is 0 Å². The molecule has 0 amide bonds. The number of hydrogen-bond acceptors (Lipinski definition) is 0. The van der Waals surface area contributed by atoms with E-state index in [0.717, 1.165) is 5.07 Å². The Morgan fingerprint density at radius 1 is 0.545 bits per heavy atom. The van der Waals surface area contributed by atoms with Gasteiger partial charge in [0.1, 0.15) is 0 Å². The molecule has 0 unspecified atom stereocenters. The van der Waals surface area contributed by atoms with Crippen LogP contribution in [-0.4, -0.2) is 5.07 Å². The van der Waals surface area contributed by atoms with Crippen molar-refractivity contribution in [2.75, 3.05) is 5.07 Å². The zero-order valence-corrected chi connectivity index (χ0v) is 16.1. The summed E-state index contributed by atoms with van der Waals surface area (Å²) in [6, 6.07) is 32.3. The molecule has 0 radical (unpaired) electrons. The molecule has 0 saturated heterocycles. The number of hydrogen-bond donors (Lipinski definition) is 0. The molecule has 0 nitrogen and oxygen atoms in total. The first-order chi connectivity index (χ1) is 10.7. The van der Waals surface area contributed by atoms with Crippen LogP contribution in [0.5, 0.6) is 0 Å². The Bertz CT molecular complexity index is 643. The van der Waals surface area contributed by atoms with Crippen molar-refractivity contribution in [2.45, 2.75) is 0 Å². The van der Waals surface area contributed by atoms with E-state index in [9.17, 15) is 0 Å². The van der Waals surface area contributed by atoms with Gasteiger partial charge in [-0.2, -0.15) is 0 Å². The summed E-state index contributed by atoms with van der Waals surface area (Å²) in [5.41, 5.74) is 0. The van der Waals surface area contributed by atoms with Gasteiger partial charge in [0.05, 0.1) is 0 Å². The Labute approximate surface area is 148 Å². The van der Waals surface area contributed by atoms with E-state index in [2.05, 4.69) is 122 Å². The van der Waals surface area contributed by atoms with Gasteiger partial charge >= 0.3 is 149 Å². The summed E-state index contributed by atoms with van der Waals surface area (Å²) in [5, 5.41) is 2.19. The Morgan fingerprint density at radius 2 is 0.818 bits per heavy atom. The van der Waals surface area contributed by atoms with Crippen LogP contribution in [0.25, 0.3) is 0 Å². The van der Waals surface area contributed by atoms with Crippen molar-refractivity contribution in [2.24, 2.45) is 0 Å². The standard InChI is InChI=1S/C19H17Br2P/c20-16-22(21,17-10-4-1-5-11-17,18-12-6-2-7-13-18)19-14-8-3-9-15-19/h1-15H,16H2. The van der Waals surface area contributed by atoms with E-state index in [1.165, 1.54) is 15.9 Å². The zero-order chi connectivity index (χ0) is 15.5. The molecule has 0 spiro atoms. The second-order valence-corrected chi connectivity index (χ2v) is 15.7. The third-order valence-electron chi connectivity index (χ3n) is 4.11. The van der Waals surface area contributed by atoms with Crippen LogP contribution in [0.4, 0.5) is 0 Å². The molecule has 0 atom stereocenters. The molecule has 0 saturated carbocycles. The van der Waals surface area contributed by atoms with Gasteiger partial charge in [-0.15, -0.1) is 0 Å². The monoisotopic (exact) mass is 434 g/mol. The summed E-state index contributed by atoms with van der Waals surface area (Å²) in [4.78, 5) is 0. The minimum atomic E-state index is -2.67. The van der Waals surface area contributed by atoms with E-state index in [1.807, 2.05) is 0 Å². The normalized spacial score (nSPS) is 13.3. The first-order valence-corrected chi connectivity index (χ1v) is 12.7. The van der Waals surface area contributed by atoms with Crippen molar-refractivity contribution < 1.29 is 0 Å². The fourth-order valence-corrected chi connectivity index (χ4v) is 11.3. The van der Waals surface area contributed by atoms with E-state index in [1.54, 1.807) is 0 Å².